The van der Waals surface area contributed by atoms with E-state index in [9.17, 15) is 8.78 Å². The lowest BCUT2D eigenvalue weighted by molar-refractivity contribution is 0.130. The van der Waals surface area contributed by atoms with Crippen molar-refractivity contribution in [3.63, 3.8) is 0 Å². The van der Waals surface area contributed by atoms with Gasteiger partial charge in [-0.05, 0) is 19.1 Å². The molecule has 0 aliphatic heterocycles. The standard InChI is InChI=1S/C11H12F2N2O/c1-7(11(12)13)15-9-4-3-8(6-14)5-10(9)16-2/h3-5,7,11,15H,1-2H3. The summed E-state index contributed by atoms with van der Waals surface area (Å²) in [6, 6.07) is 5.58. The zero-order chi connectivity index (χ0) is 12.1. The van der Waals surface area contributed by atoms with Gasteiger partial charge in [-0.15, -0.1) is 0 Å². The number of halogens is 2. The Balaban J connectivity index is 2.92. The first-order valence-corrected chi connectivity index (χ1v) is 4.71. The van der Waals surface area contributed by atoms with Crippen LogP contribution in [0, 0.1) is 11.3 Å². The van der Waals surface area contributed by atoms with Gasteiger partial charge in [0.15, 0.2) is 0 Å². The van der Waals surface area contributed by atoms with Crippen molar-refractivity contribution in [3.05, 3.63) is 23.8 Å². The van der Waals surface area contributed by atoms with E-state index >= 15 is 0 Å². The highest BCUT2D eigenvalue weighted by Crippen LogP contribution is 2.26. The fraction of sp³-hybridized carbons (Fsp3) is 0.364. The second-order valence-corrected chi connectivity index (χ2v) is 3.29. The molecule has 1 aromatic carbocycles. The van der Waals surface area contributed by atoms with Crippen LogP contribution in [0.25, 0.3) is 0 Å². The quantitative estimate of drug-likeness (QED) is 0.858. The van der Waals surface area contributed by atoms with Gasteiger partial charge in [0.05, 0.1) is 30.5 Å². The number of benzene rings is 1. The van der Waals surface area contributed by atoms with Crippen LogP contribution in [0.4, 0.5) is 14.5 Å². The molecule has 3 nitrogen and oxygen atoms in total. The number of nitriles is 1. The Morgan fingerprint density at radius 3 is 2.62 bits per heavy atom. The molecule has 16 heavy (non-hydrogen) atoms. The molecular weight excluding hydrogens is 214 g/mol. The highest BCUT2D eigenvalue weighted by Gasteiger charge is 2.15. The minimum absolute atomic E-state index is 0.381. The molecule has 1 rings (SSSR count). The van der Waals surface area contributed by atoms with Crippen molar-refractivity contribution in [2.45, 2.75) is 19.4 Å². The van der Waals surface area contributed by atoms with Crippen LogP contribution in [-0.4, -0.2) is 19.6 Å². The largest absolute Gasteiger partial charge is 0.495 e. The first-order chi connectivity index (χ1) is 7.58. The van der Waals surface area contributed by atoms with Gasteiger partial charge >= 0.3 is 0 Å². The summed E-state index contributed by atoms with van der Waals surface area (Å²) in [7, 11) is 1.43. The summed E-state index contributed by atoms with van der Waals surface area (Å²) in [5, 5.41) is 11.3. The summed E-state index contributed by atoms with van der Waals surface area (Å²) in [4.78, 5) is 0. The Morgan fingerprint density at radius 2 is 2.12 bits per heavy atom. The molecule has 0 aromatic heterocycles. The SMILES string of the molecule is COc1cc(C#N)ccc1NC(C)C(F)F. The lowest BCUT2D eigenvalue weighted by atomic mass is 10.2. The van der Waals surface area contributed by atoms with E-state index in [2.05, 4.69) is 5.32 Å². The highest BCUT2D eigenvalue weighted by molar-refractivity contribution is 5.59. The Bertz CT molecular complexity index is 401. The van der Waals surface area contributed by atoms with Gasteiger partial charge in [0.1, 0.15) is 5.75 Å². The average Bonchev–Trinajstić information content (AvgIpc) is 2.29. The summed E-state index contributed by atoms with van der Waals surface area (Å²) < 4.78 is 29.7. The van der Waals surface area contributed by atoms with E-state index in [1.807, 2.05) is 6.07 Å². The average molecular weight is 226 g/mol. The third kappa shape index (κ3) is 2.83. The molecular formula is C11H12F2N2O. The van der Waals surface area contributed by atoms with Crippen LogP contribution in [-0.2, 0) is 0 Å². The van der Waals surface area contributed by atoms with E-state index < -0.39 is 12.5 Å². The van der Waals surface area contributed by atoms with Crippen molar-refractivity contribution in [1.29, 1.82) is 5.26 Å². The van der Waals surface area contributed by atoms with Gasteiger partial charge in [0, 0.05) is 6.07 Å². The fourth-order valence-electron chi connectivity index (χ4n) is 1.19. The van der Waals surface area contributed by atoms with Crippen molar-refractivity contribution in [2.75, 3.05) is 12.4 Å². The van der Waals surface area contributed by atoms with Gasteiger partial charge in [-0.1, -0.05) is 0 Å². The predicted molar refractivity (Wildman–Crippen MR) is 56.8 cm³/mol. The summed E-state index contributed by atoms with van der Waals surface area (Å²) >= 11 is 0. The number of alkyl halides is 2. The summed E-state index contributed by atoms with van der Waals surface area (Å²) in [6.45, 7) is 1.38. The lowest BCUT2D eigenvalue weighted by Crippen LogP contribution is -2.24. The zero-order valence-corrected chi connectivity index (χ0v) is 9.00. The summed E-state index contributed by atoms with van der Waals surface area (Å²) in [5.41, 5.74) is 0.876. The second kappa shape index (κ2) is 5.31. The molecule has 1 unspecified atom stereocenters. The number of rotatable bonds is 4. The molecule has 0 saturated heterocycles. The lowest BCUT2D eigenvalue weighted by Gasteiger charge is -2.16. The van der Waals surface area contributed by atoms with Crippen LogP contribution in [0.1, 0.15) is 12.5 Å². The van der Waals surface area contributed by atoms with E-state index in [1.165, 1.54) is 20.1 Å². The Hall–Kier alpha value is -1.83. The molecule has 0 fully saturated rings. The first-order valence-electron chi connectivity index (χ1n) is 4.71. The van der Waals surface area contributed by atoms with E-state index in [0.717, 1.165) is 0 Å². The summed E-state index contributed by atoms with van der Waals surface area (Å²) in [5.74, 6) is 0.381. The van der Waals surface area contributed by atoms with Gasteiger partial charge in [-0.3, -0.25) is 0 Å². The zero-order valence-electron chi connectivity index (χ0n) is 9.00. The number of nitrogens with one attached hydrogen (secondary N) is 1. The van der Waals surface area contributed by atoms with Gasteiger partial charge in [0.2, 0.25) is 0 Å². The predicted octanol–water partition coefficient (Wildman–Crippen LogP) is 2.63. The van der Waals surface area contributed by atoms with Gasteiger partial charge in [0.25, 0.3) is 6.43 Å². The number of ether oxygens (including phenoxy) is 1. The molecule has 0 radical (unpaired) electrons. The molecule has 1 N–H and O–H groups in total. The molecule has 0 heterocycles. The third-order valence-corrected chi connectivity index (χ3v) is 2.09. The molecule has 0 aliphatic rings. The molecule has 1 aromatic rings. The van der Waals surface area contributed by atoms with Crippen molar-refractivity contribution < 1.29 is 13.5 Å². The number of methoxy groups -OCH3 is 1. The van der Waals surface area contributed by atoms with E-state index in [0.29, 0.717) is 17.0 Å². The van der Waals surface area contributed by atoms with Crippen LogP contribution in [0.3, 0.4) is 0 Å². The maximum absolute atomic E-state index is 12.3. The highest BCUT2D eigenvalue weighted by atomic mass is 19.3. The molecule has 0 spiro atoms. The second-order valence-electron chi connectivity index (χ2n) is 3.29. The van der Waals surface area contributed by atoms with Crippen molar-refractivity contribution in [3.8, 4) is 11.8 Å². The summed E-state index contributed by atoms with van der Waals surface area (Å²) in [6.07, 6.45) is -2.46. The molecule has 0 amide bonds. The normalized spacial score (nSPS) is 12.0. The van der Waals surface area contributed by atoms with Crippen molar-refractivity contribution >= 4 is 5.69 Å². The third-order valence-electron chi connectivity index (χ3n) is 2.09. The topological polar surface area (TPSA) is 45.0 Å². The fourth-order valence-corrected chi connectivity index (χ4v) is 1.19. The molecule has 5 heteroatoms. The van der Waals surface area contributed by atoms with Crippen LogP contribution < -0.4 is 10.1 Å². The molecule has 0 saturated carbocycles. The monoisotopic (exact) mass is 226 g/mol. The van der Waals surface area contributed by atoms with E-state index in [4.69, 9.17) is 10.00 Å². The molecule has 1 atom stereocenters. The van der Waals surface area contributed by atoms with Gasteiger partial charge in [-0.25, -0.2) is 8.78 Å². The molecule has 86 valence electrons. The number of nitrogens with zero attached hydrogens (tertiary/aromatic N) is 1. The van der Waals surface area contributed by atoms with E-state index in [-0.39, 0.29) is 0 Å². The van der Waals surface area contributed by atoms with E-state index in [1.54, 1.807) is 12.1 Å². The Kier molecular flexibility index (Phi) is 4.06. The molecule has 0 bridgehead atoms. The smallest absolute Gasteiger partial charge is 0.258 e. The minimum atomic E-state index is -2.46. The van der Waals surface area contributed by atoms with Crippen molar-refractivity contribution in [1.82, 2.24) is 0 Å². The van der Waals surface area contributed by atoms with Crippen LogP contribution >= 0.6 is 0 Å². The van der Waals surface area contributed by atoms with Crippen molar-refractivity contribution in [2.24, 2.45) is 0 Å². The Labute approximate surface area is 92.6 Å². The first kappa shape index (κ1) is 12.2. The maximum atomic E-state index is 12.3. The van der Waals surface area contributed by atoms with Crippen LogP contribution in [0.2, 0.25) is 0 Å². The minimum Gasteiger partial charge on any atom is -0.495 e. The number of anilines is 1. The van der Waals surface area contributed by atoms with Gasteiger partial charge < -0.3 is 10.1 Å². The number of hydrogen-bond acceptors (Lipinski definition) is 3. The van der Waals surface area contributed by atoms with Crippen LogP contribution in [0.15, 0.2) is 18.2 Å². The molecule has 0 aliphatic carbocycles. The number of hydrogen-bond donors (Lipinski definition) is 1. The van der Waals surface area contributed by atoms with Crippen LogP contribution in [0.5, 0.6) is 5.75 Å². The Morgan fingerprint density at radius 1 is 1.44 bits per heavy atom. The maximum Gasteiger partial charge on any atom is 0.258 e. The van der Waals surface area contributed by atoms with Gasteiger partial charge in [-0.2, -0.15) is 5.26 Å².